The minimum absolute atomic E-state index is 0.570. The third-order valence-corrected chi connectivity index (χ3v) is 11.4. The van der Waals surface area contributed by atoms with Crippen molar-refractivity contribution in [2.75, 3.05) is 52.6 Å². The average Bonchev–Trinajstić information content (AvgIpc) is 3.19. The molecular formula is C27H33Cl2N4O2P. The number of nitrogens with zero attached hydrogens (tertiary/aromatic N) is 4. The highest BCUT2D eigenvalue weighted by Crippen LogP contribution is 2.59. The van der Waals surface area contributed by atoms with Crippen LogP contribution in [0.2, 0.25) is 10.0 Å². The number of halogens is 2. The fraction of sp³-hybridized carbons (Fsp3) is 0.407. The fourth-order valence-electron chi connectivity index (χ4n) is 5.18. The minimum atomic E-state index is -2.45. The van der Waals surface area contributed by atoms with Crippen LogP contribution in [0.3, 0.4) is 0 Å². The number of aryl methyl sites for hydroxylation is 2. The van der Waals surface area contributed by atoms with E-state index in [1.54, 1.807) is 6.07 Å². The molecular weight excluding hydrogens is 514 g/mol. The number of hydrogen-bond donors (Lipinski definition) is 0. The van der Waals surface area contributed by atoms with Crippen LogP contribution < -0.4 is 5.30 Å². The zero-order valence-electron chi connectivity index (χ0n) is 21.1. The van der Waals surface area contributed by atoms with Crippen LogP contribution in [0.15, 0.2) is 53.3 Å². The van der Waals surface area contributed by atoms with Crippen LogP contribution >= 0.6 is 30.6 Å². The van der Waals surface area contributed by atoms with Crippen LogP contribution in [0.5, 0.6) is 0 Å². The van der Waals surface area contributed by atoms with Crippen molar-refractivity contribution in [1.82, 2.24) is 13.9 Å². The normalized spacial score (nSPS) is 17.9. The van der Waals surface area contributed by atoms with Crippen LogP contribution in [-0.4, -0.2) is 66.5 Å². The van der Waals surface area contributed by atoms with Gasteiger partial charge in [0, 0.05) is 53.6 Å². The predicted molar refractivity (Wildman–Crippen MR) is 150 cm³/mol. The van der Waals surface area contributed by atoms with Gasteiger partial charge in [-0.3, -0.25) is 0 Å². The van der Waals surface area contributed by atoms with Gasteiger partial charge < -0.3 is 14.0 Å². The lowest BCUT2D eigenvalue weighted by atomic mass is 10.2. The number of benzene rings is 2. The Kier molecular flexibility index (Phi) is 7.95. The summed E-state index contributed by atoms with van der Waals surface area (Å²) in [7, 11) is -2.45. The minimum Gasteiger partial charge on any atom is -0.379 e. The molecule has 2 saturated heterocycles. The molecule has 0 unspecified atom stereocenters. The van der Waals surface area contributed by atoms with Crippen molar-refractivity contribution >= 4 is 41.5 Å². The molecule has 192 valence electrons. The number of aromatic nitrogens is 1. The van der Waals surface area contributed by atoms with Crippen molar-refractivity contribution in [3.8, 4) is 5.69 Å². The summed E-state index contributed by atoms with van der Waals surface area (Å²) in [6.45, 7) is 12.5. The zero-order chi connectivity index (χ0) is 25.3. The maximum Gasteiger partial charge on any atom is 0.134 e. The molecule has 0 bridgehead atoms. The van der Waals surface area contributed by atoms with Crippen molar-refractivity contribution in [1.29, 1.82) is 0 Å². The SMILES string of the molecule is Cc1ccc(-n2c(C)cc(P(=Nc3ccc(Cl)cc3Cl)(N3CCOCC3)N3CCOCC3)c2C)cc1. The first-order valence-corrected chi connectivity index (χ1v) is 14.8. The summed E-state index contributed by atoms with van der Waals surface area (Å²) in [4.78, 5) is 0. The highest BCUT2D eigenvalue weighted by molar-refractivity contribution is 7.69. The van der Waals surface area contributed by atoms with Crippen molar-refractivity contribution < 1.29 is 9.47 Å². The molecule has 6 nitrogen and oxygen atoms in total. The molecule has 2 aromatic carbocycles. The molecule has 0 N–H and O–H groups in total. The topological polar surface area (TPSA) is 42.2 Å². The van der Waals surface area contributed by atoms with E-state index in [9.17, 15) is 0 Å². The molecule has 0 radical (unpaired) electrons. The Morgan fingerprint density at radius 2 is 1.36 bits per heavy atom. The van der Waals surface area contributed by atoms with Crippen LogP contribution in [0.1, 0.15) is 17.0 Å². The number of hydrogen-bond acceptors (Lipinski definition) is 3. The molecule has 36 heavy (non-hydrogen) atoms. The Bertz CT molecular complexity index is 1260. The van der Waals surface area contributed by atoms with E-state index >= 15 is 0 Å². The molecule has 0 saturated carbocycles. The van der Waals surface area contributed by atoms with Crippen molar-refractivity contribution in [2.45, 2.75) is 20.8 Å². The summed E-state index contributed by atoms with van der Waals surface area (Å²) in [5.74, 6) is 0. The maximum absolute atomic E-state index is 6.74. The first-order chi connectivity index (χ1) is 17.4. The molecule has 2 aliphatic heterocycles. The molecule has 3 aromatic rings. The van der Waals surface area contributed by atoms with Gasteiger partial charge in [0.05, 0.1) is 37.1 Å². The Morgan fingerprint density at radius 3 is 1.92 bits per heavy atom. The largest absolute Gasteiger partial charge is 0.379 e. The smallest absolute Gasteiger partial charge is 0.134 e. The van der Waals surface area contributed by atoms with E-state index in [4.69, 9.17) is 37.4 Å². The fourth-order valence-corrected chi connectivity index (χ4v) is 9.83. The van der Waals surface area contributed by atoms with Gasteiger partial charge >= 0.3 is 0 Å². The number of ether oxygens (including phenoxy) is 2. The molecule has 0 spiro atoms. The van der Waals surface area contributed by atoms with Crippen LogP contribution in [-0.2, 0) is 9.47 Å². The van der Waals surface area contributed by atoms with E-state index < -0.39 is 7.36 Å². The Hall–Kier alpha value is -1.63. The maximum atomic E-state index is 6.74. The molecule has 5 rings (SSSR count). The van der Waals surface area contributed by atoms with E-state index in [2.05, 4.69) is 65.0 Å². The lowest BCUT2D eigenvalue weighted by Crippen LogP contribution is -2.46. The average molecular weight is 547 g/mol. The molecule has 2 aliphatic rings. The zero-order valence-corrected chi connectivity index (χ0v) is 23.5. The molecule has 0 atom stereocenters. The second-order valence-corrected chi connectivity index (χ2v) is 13.1. The standard InChI is InChI=1S/C27H33Cl2N4O2P/c1-20-4-7-24(8-5-20)33-21(2)18-27(22(33)3)36(31-10-14-34-15-11-31,32-12-16-35-17-13-32)30-26-9-6-23(28)19-25(26)29/h4-9,18-19H,10-17H2,1-3H3. The van der Waals surface area contributed by atoms with Gasteiger partial charge in [-0.25, -0.2) is 14.1 Å². The van der Waals surface area contributed by atoms with Gasteiger partial charge in [0.15, 0.2) is 0 Å². The van der Waals surface area contributed by atoms with E-state index in [0.29, 0.717) is 36.5 Å². The van der Waals surface area contributed by atoms with Crippen molar-refractivity contribution in [3.05, 3.63) is 75.5 Å². The van der Waals surface area contributed by atoms with E-state index in [1.807, 2.05) is 12.1 Å². The van der Waals surface area contributed by atoms with Gasteiger partial charge in [-0.05, 0) is 57.2 Å². The van der Waals surface area contributed by atoms with Crippen LogP contribution in [0.25, 0.3) is 5.69 Å². The summed E-state index contributed by atoms with van der Waals surface area (Å²) < 4.78 is 24.6. The van der Waals surface area contributed by atoms with Gasteiger partial charge in [-0.15, -0.1) is 0 Å². The predicted octanol–water partition coefficient (Wildman–Crippen LogP) is 6.36. The summed E-state index contributed by atoms with van der Waals surface area (Å²) in [6, 6.07) is 16.6. The summed E-state index contributed by atoms with van der Waals surface area (Å²) in [5.41, 5.74) is 5.57. The Labute approximate surface area is 223 Å². The Morgan fingerprint density at radius 1 is 0.778 bits per heavy atom. The first-order valence-electron chi connectivity index (χ1n) is 12.4. The molecule has 2 fully saturated rings. The van der Waals surface area contributed by atoms with Crippen molar-refractivity contribution in [2.24, 2.45) is 4.74 Å². The lowest BCUT2D eigenvalue weighted by molar-refractivity contribution is 0.0579. The van der Waals surface area contributed by atoms with E-state index in [-0.39, 0.29) is 0 Å². The van der Waals surface area contributed by atoms with Gasteiger partial charge in [-0.2, -0.15) is 0 Å². The Balaban J connectivity index is 1.79. The second-order valence-electron chi connectivity index (χ2n) is 9.32. The lowest BCUT2D eigenvalue weighted by Gasteiger charge is -2.46. The monoisotopic (exact) mass is 546 g/mol. The highest BCUT2D eigenvalue weighted by atomic mass is 35.5. The van der Waals surface area contributed by atoms with Crippen LogP contribution in [0.4, 0.5) is 5.69 Å². The molecule has 9 heteroatoms. The van der Waals surface area contributed by atoms with Gasteiger partial charge in [-0.1, -0.05) is 40.9 Å². The third-order valence-electron chi connectivity index (χ3n) is 6.94. The third kappa shape index (κ3) is 4.93. The quantitative estimate of drug-likeness (QED) is 0.349. The molecule has 3 heterocycles. The summed E-state index contributed by atoms with van der Waals surface area (Å²) in [5, 5.41) is 2.44. The van der Waals surface area contributed by atoms with Crippen molar-refractivity contribution in [3.63, 3.8) is 0 Å². The second kappa shape index (κ2) is 11.0. The number of rotatable bonds is 5. The molecule has 0 amide bonds. The van der Waals surface area contributed by atoms with Crippen LogP contribution in [0, 0.1) is 20.8 Å². The van der Waals surface area contributed by atoms with Gasteiger partial charge in [0.1, 0.15) is 7.36 Å². The first kappa shape index (κ1) is 26.0. The molecule has 0 aliphatic carbocycles. The van der Waals surface area contributed by atoms with Gasteiger partial charge in [0.2, 0.25) is 0 Å². The number of morpholine rings is 2. The molecule has 1 aromatic heterocycles. The summed E-state index contributed by atoms with van der Waals surface area (Å²) in [6.07, 6.45) is 0. The summed E-state index contributed by atoms with van der Waals surface area (Å²) >= 11 is 13.0. The van der Waals surface area contributed by atoms with E-state index in [0.717, 1.165) is 37.6 Å². The highest BCUT2D eigenvalue weighted by Gasteiger charge is 2.41. The van der Waals surface area contributed by atoms with Gasteiger partial charge in [0.25, 0.3) is 0 Å². The van der Waals surface area contributed by atoms with E-state index in [1.165, 1.54) is 22.3 Å².